The van der Waals surface area contributed by atoms with Crippen molar-refractivity contribution in [1.82, 2.24) is 15.0 Å². The first-order valence-electron chi connectivity index (χ1n) is 13.6. The van der Waals surface area contributed by atoms with Gasteiger partial charge in [0.15, 0.2) is 6.29 Å². The molecule has 2 saturated heterocycles. The lowest BCUT2D eigenvalue weighted by Gasteiger charge is -2.53. The molecule has 10 unspecified atom stereocenters. The topological polar surface area (TPSA) is 209 Å². The van der Waals surface area contributed by atoms with Crippen LogP contribution in [0.1, 0.15) is 53.7 Å². The van der Waals surface area contributed by atoms with Crippen molar-refractivity contribution in [2.45, 2.75) is 127 Å². The lowest BCUT2D eigenvalue weighted by Crippen LogP contribution is -2.67. The highest BCUT2D eigenvalue weighted by atomic mass is 16.7. The fourth-order valence-electron chi connectivity index (χ4n) is 5.50. The first-order chi connectivity index (χ1) is 18.5. The molecule has 2 aliphatic rings. The third-order valence-electron chi connectivity index (χ3n) is 8.10. The molecule has 1 aromatic heterocycles. The van der Waals surface area contributed by atoms with Gasteiger partial charge in [-0.05, 0) is 54.9 Å². The van der Waals surface area contributed by atoms with E-state index in [2.05, 4.69) is 10.3 Å². The molecule has 14 heteroatoms. The Kier molecular flexibility index (Phi) is 10.4. The van der Waals surface area contributed by atoms with Gasteiger partial charge in [-0.3, -0.25) is 0 Å². The van der Waals surface area contributed by atoms with Crippen LogP contribution in [-0.4, -0.2) is 137 Å². The molecule has 0 aromatic carbocycles. The van der Waals surface area contributed by atoms with Gasteiger partial charge in [0.25, 0.3) is 0 Å². The lowest BCUT2D eigenvalue weighted by molar-refractivity contribution is -0.347. The van der Waals surface area contributed by atoms with Crippen molar-refractivity contribution in [2.75, 3.05) is 19.8 Å². The zero-order valence-electron chi connectivity index (χ0n) is 24.3. The molecule has 7 N–H and O–H groups in total. The van der Waals surface area contributed by atoms with Crippen LogP contribution in [0.3, 0.4) is 0 Å². The smallest absolute Gasteiger partial charge is 0.187 e. The molecule has 232 valence electrons. The number of rotatable bonds is 11. The van der Waals surface area contributed by atoms with E-state index in [4.69, 9.17) is 18.9 Å². The van der Waals surface area contributed by atoms with Crippen molar-refractivity contribution in [3.05, 3.63) is 11.9 Å². The zero-order valence-corrected chi connectivity index (χ0v) is 24.3. The van der Waals surface area contributed by atoms with Crippen LogP contribution in [-0.2, 0) is 24.5 Å². The Morgan fingerprint density at radius 3 is 2.00 bits per heavy atom. The highest BCUT2D eigenvalue weighted by molar-refractivity contribution is 5.04. The van der Waals surface area contributed by atoms with Crippen LogP contribution in [0.25, 0.3) is 0 Å². The van der Waals surface area contributed by atoms with Crippen molar-refractivity contribution in [3.63, 3.8) is 0 Å². The maximum absolute atomic E-state index is 11.3. The predicted octanol–water partition coefficient (Wildman–Crippen LogP) is -1.80. The highest BCUT2D eigenvalue weighted by Crippen LogP contribution is 2.41. The van der Waals surface area contributed by atoms with Gasteiger partial charge in [0, 0.05) is 18.7 Å². The Morgan fingerprint density at radius 1 is 0.825 bits per heavy atom. The molecule has 0 aliphatic carbocycles. The summed E-state index contributed by atoms with van der Waals surface area (Å²) in [4.78, 5) is 0. The van der Waals surface area contributed by atoms with Gasteiger partial charge in [0.2, 0.25) is 0 Å². The van der Waals surface area contributed by atoms with Gasteiger partial charge >= 0.3 is 0 Å². The van der Waals surface area contributed by atoms with Crippen molar-refractivity contribution < 1.29 is 54.7 Å². The molecule has 3 heterocycles. The fraction of sp³-hybridized carbons (Fsp3) is 0.923. The Balaban J connectivity index is 1.70. The molecular weight excluding hydrogens is 530 g/mol. The van der Waals surface area contributed by atoms with Crippen LogP contribution >= 0.6 is 0 Å². The minimum absolute atomic E-state index is 0.278. The standard InChI is InChI=1S/C26H47N3O11/c1-13-10-29(28-27-13)24(2,3)8-9-37-26(6,7)22-20(35)18(33)16(14(11-30)38-22)25(4,5)40-23-21(36)19(34)17(32)15(12-31)39-23/h10,14-23,30-36H,8-9,11-12H2,1-7H3. The Hall–Kier alpha value is -1.30. The monoisotopic (exact) mass is 577 g/mol. The largest absolute Gasteiger partial charge is 0.394 e. The van der Waals surface area contributed by atoms with Crippen molar-refractivity contribution >= 4 is 0 Å². The molecule has 0 saturated carbocycles. The van der Waals surface area contributed by atoms with Crippen LogP contribution in [0.4, 0.5) is 0 Å². The molecule has 10 atom stereocenters. The second-order valence-corrected chi connectivity index (χ2v) is 12.5. The minimum atomic E-state index is -1.66. The Bertz CT molecular complexity index is 954. The van der Waals surface area contributed by atoms with Gasteiger partial charge in [-0.1, -0.05) is 5.21 Å². The van der Waals surface area contributed by atoms with Crippen LogP contribution < -0.4 is 0 Å². The molecule has 1 aromatic rings. The number of ether oxygens (including phenoxy) is 4. The third kappa shape index (κ3) is 6.84. The summed E-state index contributed by atoms with van der Waals surface area (Å²) in [5.41, 5.74) is -2.06. The number of aromatic nitrogens is 3. The van der Waals surface area contributed by atoms with E-state index in [9.17, 15) is 35.7 Å². The summed E-state index contributed by atoms with van der Waals surface area (Å²) in [6.07, 6.45) is -10.1. The molecule has 14 nitrogen and oxygen atoms in total. The second-order valence-electron chi connectivity index (χ2n) is 12.5. The first kappa shape index (κ1) is 33.2. The van der Waals surface area contributed by atoms with E-state index in [1.807, 2.05) is 27.0 Å². The quantitative estimate of drug-likeness (QED) is 0.155. The van der Waals surface area contributed by atoms with Crippen LogP contribution in [0, 0.1) is 12.8 Å². The van der Waals surface area contributed by atoms with E-state index in [-0.39, 0.29) is 6.61 Å². The second kappa shape index (κ2) is 12.5. The maximum atomic E-state index is 11.3. The fourth-order valence-corrected chi connectivity index (χ4v) is 5.50. The molecular formula is C26H47N3O11. The number of hydrogen-bond acceptors (Lipinski definition) is 13. The minimum Gasteiger partial charge on any atom is -0.394 e. The normalized spacial score (nSPS) is 36.1. The molecule has 0 radical (unpaired) electrons. The van der Waals surface area contributed by atoms with Gasteiger partial charge in [-0.25, -0.2) is 4.68 Å². The average Bonchev–Trinajstić information content (AvgIpc) is 3.32. The van der Waals surface area contributed by atoms with Crippen molar-refractivity contribution in [2.24, 2.45) is 5.92 Å². The van der Waals surface area contributed by atoms with Crippen LogP contribution in [0.5, 0.6) is 0 Å². The predicted molar refractivity (Wildman–Crippen MR) is 139 cm³/mol. The summed E-state index contributed by atoms with van der Waals surface area (Å²) < 4.78 is 25.4. The first-order valence-corrected chi connectivity index (χ1v) is 13.6. The maximum Gasteiger partial charge on any atom is 0.187 e. The van der Waals surface area contributed by atoms with Crippen LogP contribution in [0.15, 0.2) is 6.20 Å². The summed E-state index contributed by atoms with van der Waals surface area (Å²) in [6, 6.07) is 0. The number of aryl methyl sites for hydroxylation is 1. The van der Waals surface area contributed by atoms with Gasteiger partial charge < -0.3 is 54.7 Å². The van der Waals surface area contributed by atoms with Gasteiger partial charge in [-0.15, -0.1) is 5.10 Å². The summed E-state index contributed by atoms with van der Waals surface area (Å²) in [5, 5.41) is 80.9. The van der Waals surface area contributed by atoms with Gasteiger partial charge in [0.05, 0.1) is 47.9 Å². The highest BCUT2D eigenvalue weighted by Gasteiger charge is 2.56. The van der Waals surface area contributed by atoms with E-state index in [1.54, 1.807) is 32.4 Å². The summed E-state index contributed by atoms with van der Waals surface area (Å²) in [5.74, 6) is -1.01. The van der Waals surface area contributed by atoms with E-state index in [1.165, 1.54) is 0 Å². The van der Waals surface area contributed by atoms with E-state index >= 15 is 0 Å². The van der Waals surface area contributed by atoms with E-state index in [0.29, 0.717) is 6.42 Å². The number of hydrogen-bond donors (Lipinski definition) is 7. The Labute approximate surface area is 234 Å². The van der Waals surface area contributed by atoms with Crippen molar-refractivity contribution in [3.8, 4) is 0 Å². The lowest BCUT2D eigenvalue weighted by atomic mass is 9.74. The van der Waals surface area contributed by atoms with Gasteiger partial charge in [0.1, 0.15) is 36.6 Å². The Morgan fingerprint density at radius 2 is 1.45 bits per heavy atom. The number of aliphatic hydroxyl groups excluding tert-OH is 7. The summed E-state index contributed by atoms with van der Waals surface area (Å²) in [7, 11) is 0. The molecule has 0 amide bonds. The molecule has 40 heavy (non-hydrogen) atoms. The molecule has 0 spiro atoms. The number of nitrogens with zero attached hydrogens (tertiary/aromatic N) is 3. The average molecular weight is 578 g/mol. The van der Waals surface area contributed by atoms with Crippen LogP contribution in [0.2, 0.25) is 0 Å². The SMILES string of the molecule is Cc1cn(C(C)(C)CCOC(C)(C)C2OC(CO)C(C(C)(C)OC3OC(CO)C(O)C(O)C3O)C(O)C2O)nn1. The molecule has 2 fully saturated rings. The summed E-state index contributed by atoms with van der Waals surface area (Å²) in [6.45, 7) is 11.5. The zero-order chi connectivity index (χ0) is 30.2. The summed E-state index contributed by atoms with van der Waals surface area (Å²) >= 11 is 0. The molecule has 0 bridgehead atoms. The van der Waals surface area contributed by atoms with E-state index in [0.717, 1.165) is 5.69 Å². The third-order valence-corrected chi connectivity index (χ3v) is 8.10. The number of aliphatic hydroxyl groups is 7. The van der Waals surface area contributed by atoms with Crippen molar-refractivity contribution in [1.29, 1.82) is 0 Å². The van der Waals surface area contributed by atoms with E-state index < -0.39 is 91.0 Å². The molecule has 2 aliphatic heterocycles. The molecule has 3 rings (SSSR count). The van der Waals surface area contributed by atoms with Gasteiger partial charge in [-0.2, -0.15) is 0 Å².